The first-order valence-corrected chi connectivity index (χ1v) is 9.44. The summed E-state index contributed by atoms with van der Waals surface area (Å²) < 4.78 is 1.89. The van der Waals surface area contributed by atoms with Gasteiger partial charge in [0.2, 0.25) is 0 Å². The molecule has 1 aliphatic carbocycles. The van der Waals surface area contributed by atoms with Crippen molar-refractivity contribution in [2.75, 3.05) is 20.1 Å². The van der Waals surface area contributed by atoms with Gasteiger partial charge in [0, 0.05) is 44.4 Å². The van der Waals surface area contributed by atoms with Crippen LogP contribution in [0.2, 0.25) is 0 Å². The van der Waals surface area contributed by atoms with E-state index in [1.54, 1.807) is 0 Å². The Bertz CT molecular complexity index is 712. The van der Waals surface area contributed by atoms with E-state index < -0.39 is 0 Å². The van der Waals surface area contributed by atoms with Crippen molar-refractivity contribution in [3.05, 3.63) is 48.3 Å². The SMILES string of the molecule is CCNC(=NCC1CCCC1O)N(C)Cc1cnn(-c2ccccc2)c1. The van der Waals surface area contributed by atoms with E-state index in [2.05, 4.69) is 28.4 Å². The van der Waals surface area contributed by atoms with Crippen LogP contribution in [0.4, 0.5) is 0 Å². The Morgan fingerprint density at radius 2 is 2.15 bits per heavy atom. The summed E-state index contributed by atoms with van der Waals surface area (Å²) in [6, 6.07) is 10.1. The van der Waals surface area contributed by atoms with Crippen LogP contribution in [-0.4, -0.2) is 52.0 Å². The predicted octanol–water partition coefficient (Wildman–Crippen LogP) is 2.43. The molecule has 6 heteroatoms. The summed E-state index contributed by atoms with van der Waals surface area (Å²) in [7, 11) is 2.03. The van der Waals surface area contributed by atoms with Crippen LogP contribution in [0.3, 0.4) is 0 Å². The molecule has 1 saturated carbocycles. The number of aliphatic imine (C=N–C) groups is 1. The number of aliphatic hydroxyl groups is 1. The molecule has 0 bridgehead atoms. The number of aliphatic hydroxyl groups excluding tert-OH is 1. The molecule has 2 N–H and O–H groups in total. The second-order valence-corrected chi connectivity index (χ2v) is 6.94. The number of hydrogen-bond acceptors (Lipinski definition) is 3. The standard InChI is InChI=1S/C20H29N5O/c1-3-21-20(22-13-17-8-7-11-19(17)26)24(2)14-16-12-23-25(15-16)18-9-5-4-6-10-18/h4-6,9-10,12,15,17,19,26H,3,7-8,11,13-14H2,1-2H3,(H,21,22). The van der Waals surface area contributed by atoms with Crippen LogP contribution < -0.4 is 5.32 Å². The molecule has 0 amide bonds. The zero-order chi connectivity index (χ0) is 18.4. The minimum absolute atomic E-state index is 0.198. The lowest BCUT2D eigenvalue weighted by Gasteiger charge is -2.22. The lowest BCUT2D eigenvalue weighted by atomic mass is 10.1. The predicted molar refractivity (Wildman–Crippen MR) is 104 cm³/mol. The Hall–Kier alpha value is -2.34. The molecule has 1 heterocycles. The van der Waals surface area contributed by atoms with Gasteiger partial charge in [0.05, 0.1) is 18.0 Å². The highest BCUT2D eigenvalue weighted by molar-refractivity contribution is 5.79. The summed E-state index contributed by atoms with van der Waals surface area (Å²) >= 11 is 0. The summed E-state index contributed by atoms with van der Waals surface area (Å²) in [5, 5.41) is 17.8. The van der Waals surface area contributed by atoms with E-state index in [1.807, 2.05) is 48.3 Å². The van der Waals surface area contributed by atoms with Crippen molar-refractivity contribution in [3.63, 3.8) is 0 Å². The van der Waals surface area contributed by atoms with Crippen LogP contribution >= 0.6 is 0 Å². The van der Waals surface area contributed by atoms with Crippen LogP contribution in [0.5, 0.6) is 0 Å². The van der Waals surface area contributed by atoms with E-state index >= 15 is 0 Å². The fourth-order valence-corrected chi connectivity index (χ4v) is 3.42. The Morgan fingerprint density at radius 3 is 2.85 bits per heavy atom. The largest absolute Gasteiger partial charge is 0.393 e. The van der Waals surface area contributed by atoms with Crippen molar-refractivity contribution in [3.8, 4) is 5.69 Å². The molecular formula is C20H29N5O. The zero-order valence-electron chi connectivity index (χ0n) is 15.7. The van der Waals surface area contributed by atoms with Crippen LogP contribution in [0.15, 0.2) is 47.7 Å². The van der Waals surface area contributed by atoms with Gasteiger partial charge in [0.25, 0.3) is 0 Å². The Morgan fingerprint density at radius 1 is 1.35 bits per heavy atom. The van der Waals surface area contributed by atoms with E-state index in [0.29, 0.717) is 6.54 Å². The Balaban J connectivity index is 1.64. The first-order chi connectivity index (χ1) is 12.7. The second kappa shape index (κ2) is 8.85. The minimum Gasteiger partial charge on any atom is -0.393 e. The van der Waals surface area contributed by atoms with Crippen LogP contribution in [0.25, 0.3) is 5.69 Å². The lowest BCUT2D eigenvalue weighted by Crippen LogP contribution is -2.39. The summed E-state index contributed by atoms with van der Waals surface area (Å²) in [5.74, 6) is 1.16. The smallest absolute Gasteiger partial charge is 0.193 e. The molecule has 2 atom stereocenters. The average Bonchev–Trinajstić information content (AvgIpc) is 3.28. The molecule has 1 aliphatic rings. The van der Waals surface area contributed by atoms with E-state index in [-0.39, 0.29) is 12.0 Å². The van der Waals surface area contributed by atoms with Crippen molar-refractivity contribution in [1.82, 2.24) is 20.0 Å². The first kappa shape index (κ1) is 18.5. The fraction of sp³-hybridized carbons (Fsp3) is 0.500. The summed E-state index contributed by atoms with van der Waals surface area (Å²) in [4.78, 5) is 6.86. The van der Waals surface area contributed by atoms with Gasteiger partial charge in [-0.25, -0.2) is 4.68 Å². The third-order valence-corrected chi connectivity index (χ3v) is 4.87. The van der Waals surface area contributed by atoms with Gasteiger partial charge in [0.15, 0.2) is 5.96 Å². The molecule has 3 rings (SSSR count). The normalized spacial score (nSPS) is 20.3. The van der Waals surface area contributed by atoms with Gasteiger partial charge >= 0.3 is 0 Å². The van der Waals surface area contributed by atoms with Crippen molar-refractivity contribution in [2.45, 2.75) is 38.8 Å². The first-order valence-electron chi connectivity index (χ1n) is 9.44. The topological polar surface area (TPSA) is 65.7 Å². The van der Waals surface area contributed by atoms with Crippen LogP contribution in [0, 0.1) is 5.92 Å². The van der Waals surface area contributed by atoms with E-state index in [0.717, 1.165) is 49.6 Å². The molecule has 140 valence electrons. The summed E-state index contributed by atoms with van der Waals surface area (Å²) in [5.41, 5.74) is 2.18. The van der Waals surface area contributed by atoms with Gasteiger partial charge in [-0.05, 0) is 31.9 Å². The molecule has 0 aliphatic heterocycles. The average molecular weight is 355 g/mol. The van der Waals surface area contributed by atoms with Gasteiger partial charge in [-0.3, -0.25) is 4.99 Å². The highest BCUT2D eigenvalue weighted by atomic mass is 16.3. The third kappa shape index (κ3) is 4.64. The van der Waals surface area contributed by atoms with Gasteiger partial charge in [0.1, 0.15) is 0 Å². The van der Waals surface area contributed by atoms with Crippen LogP contribution in [0.1, 0.15) is 31.7 Å². The monoisotopic (exact) mass is 355 g/mol. The maximum atomic E-state index is 10.0. The van der Waals surface area contributed by atoms with Gasteiger partial charge in [-0.2, -0.15) is 5.10 Å². The molecule has 0 saturated heterocycles. The molecule has 1 aromatic carbocycles. The number of guanidine groups is 1. The molecule has 0 spiro atoms. The van der Waals surface area contributed by atoms with Crippen molar-refractivity contribution >= 4 is 5.96 Å². The summed E-state index contributed by atoms with van der Waals surface area (Å²) in [6.07, 6.45) is 6.83. The number of nitrogens with one attached hydrogen (secondary N) is 1. The number of nitrogens with zero attached hydrogens (tertiary/aromatic N) is 4. The third-order valence-electron chi connectivity index (χ3n) is 4.87. The van der Waals surface area contributed by atoms with Crippen molar-refractivity contribution in [1.29, 1.82) is 0 Å². The number of aromatic nitrogens is 2. The molecule has 26 heavy (non-hydrogen) atoms. The maximum Gasteiger partial charge on any atom is 0.193 e. The highest BCUT2D eigenvalue weighted by Crippen LogP contribution is 2.25. The Kier molecular flexibility index (Phi) is 6.28. The summed E-state index contributed by atoms with van der Waals surface area (Å²) in [6.45, 7) is 4.30. The zero-order valence-corrected chi connectivity index (χ0v) is 15.7. The molecule has 1 fully saturated rings. The van der Waals surface area contributed by atoms with Gasteiger partial charge in [-0.1, -0.05) is 24.6 Å². The number of rotatable bonds is 6. The molecule has 6 nitrogen and oxygen atoms in total. The van der Waals surface area contributed by atoms with Crippen molar-refractivity contribution in [2.24, 2.45) is 10.9 Å². The number of hydrogen-bond donors (Lipinski definition) is 2. The number of para-hydroxylation sites is 1. The Labute approximate surface area is 155 Å². The molecule has 2 unspecified atom stereocenters. The maximum absolute atomic E-state index is 10.0. The highest BCUT2D eigenvalue weighted by Gasteiger charge is 2.25. The van der Waals surface area contributed by atoms with E-state index in [1.165, 1.54) is 0 Å². The minimum atomic E-state index is -0.198. The number of benzene rings is 1. The lowest BCUT2D eigenvalue weighted by molar-refractivity contribution is 0.136. The molecular weight excluding hydrogens is 326 g/mol. The van der Waals surface area contributed by atoms with E-state index in [9.17, 15) is 5.11 Å². The van der Waals surface area contributed by atoms with E-state index in [4.69, 9.17) is 4.99 Å². The van der Waals surface area contributed by atoms with Gasteiger partial charge < -0.3 is 15.3 Å². The second-order valence-electron chi connectivity index (χ2n) is 6.94. The molecule has 2 aromatic rings. The quantitative estimate of drug-likeness (QED) is 0.617. The molecule has 1 aromatic heterocycles. The van der Waals surface area contributed by atoms with Crippen LogP contribution in [-0.2, 0) is 6.54 Å². The van der Waals surface area contributed by atoms with Gasteiger partial charge in [-0.15, -0.1) is 0 Å². The molecule has 0 radical (unpaired) electrons. The van der Waals surface area contributed by atoms with Crippen molar-refractivity contribution < 1.29 is 5.11 Å². The fourth-order valence-electron chi connectivity index (χ4n) is 3.42.